The Morgan fingerprint density at radius 1 is 1.47 bits per heavy atom. The summed E-state index contributed by atoms with van der Waals surface area (Å²) in [6, 6.07) is 0. The predicted molar refractivity (Wildman–Crippen MR) is 53.3 cm³/mol. The molecule has 0 aromatic heterocycles. The average Bonchev–Trinajstić information content (AvgIpc) is 2.30. The quantitative estimate of drug-likeness (QED) is 0.220. The maximum atomic E-state index is 11.4. The van der Waals surface area contributed by atoms with Crippen molar-refractivity contribution < 1.29 is 35.1 Å². The molecule has 0 radical (unpaired) electrons. The van der Waals surface area contributed by atoms with E-state index in [4.69, 9.17) is 10.8 Å². The van der Waals surface area contributed by atoms with E-state index < -0.39 is 42.2 Å². The Kier molecular flexibility index (Phi) is 3.69. The van der Waals surface area contributed by atoms with Crippen LogP contribution in [0.1, 0.15) is 0 Å². The van der Waals surface area contributed by atoms with E-state index in [9.17, 15) is 25.2 Å². The Balaban J connectivity index is 3.20. The molecule has 8 nitrogen and oxygen atoms in total. The highest BCUT2D eigenvalue weighted by molar-refractivity contribution is 5.96. The van der Waals surface area contributed by atoms with Gasteiger partial charge in [0.2, 0.25) is 11.5 Å². The molecule has 0 spiro atoms. The normalized spacial score (nSPS) is 46.6. The first-order valence-electron chi connectivity index (χ1n) is 4.77. The van der Waals surface area contributed by atoms with Crippen LogP contribution in [0.3, 0.4) is 0 Å². The standard InChI is InChI=1S/C9H15NO7/c1-2-5(12)9(16)8(10,15)7(14)6(13)4(3-11)17-9/h2,4,6-7,11,13-16H,1,3,10H2/t4-,6-,7+,8-,9?/m1/s1. The molecule has 1 aliphatic rings. The molecule has 7 N–H and O–H groups in total. The van der Waals surface area contributed by atoms with E-state index in [1.54, 1.807) is 0 Å². The molecule has 0 saturated carbocycles. The van der Waals surface area contributed by atoms with Gasteiger partial charge in [0, 0.05) is 0 Å². The molecule has 1 heterocycles. The second-order valence-electron chi connectivity index (χ2n) is 3.81. The minimum Gasteiger partial charge on any atom is -0.394 e. The number of hydrogen-bond acceptors (Lipinski definition) is 8. The van der Waals surface area contributed by atoms with E-state index in [-0.39, 0.29) is 0 Å². The zero-order valence-corrected chi connectivity index (χ0v) is 8.85. The number of hydrogen-bond donors (Lipinski definition) is 6. The van der Waals surface area contributed by atoms with Crippen molar-refractivity contribution in [2.45, 2.75) is 29.8 Å². The monoisotopic (exact) mass is 249 g/mol. The third-order valence-corrected chi connectivity index (χ3v) is 2.72. The lowest BCUT2D eigenvalue weighted by Gasteiger charge is -2.49. The van der Waals surface area contributed by atoms with Crippen molar-refractivity contribution in [2.75, 3.05) is 6.61 Å². The molecule has 1 unspecified atom stereocenters. The lowest BCUT2D eigenvalue weighted by Crippen LogP contribution is -2.79. The molecule has 0 aromatic rings. The maximum absolute atomic E-state index is 11.4. The van der Waals surface area contributed by atoms with E-state index in [0.29, 0.717) is 6.08 Å². The van der Waals surface area contributed by atoms with Gasteiger partial charge in [-0.05, 0) is 6.08 Å². The van der Waals surface area contributed by atoms with Crippen LogP contribution in [-0.4, -0.2) is 67.7 Å². The minimum absolute atomic E-state index is 0.636. The number of nitrogens with two attached hydrogens (primary N) is 1. The fourth-order valence-electron chi connectivity index (χ4n) is 1.59. The number of ether oxygens (including phenoxy) is 1. The highest BCUT2D eigenvalue weighted by atomic mass is 16.7. The van der Waals surface area contributed by atoms with Crippen LogP contribution in [0.5, 0.6) is 0 Å². The fourth-order valence-corrected chi connectivity index (χ4v) is 1.59. The Morgan fingerprint density at radius 2 is 2.00 bits per heavy atom. The molecule has 1 rings (SSSR count). The van der Waals surface area contributed by atoms with Crippen molar-refractivity contribution in [1.82, 2.24) is 0 Å². The van der Waals surface area contributed by atoms with Crippen molar-refractivity contribution in [2.24, 2.45) is 5.73 Å². The molecule has 17 heavy (non-hydrogen) atoms. The second kappa shape index (κ2) is 4.42. The van der Waals surface area contributed by atoms with Gasteiger partial charge in [0.1, 0.15) is 18.3 Å². The first-order chi connectivity index (χ1) is 7.72. The summed E-state index contributed by atoms with van der Waals surface area (Å²) in [6.07, 6.45) is -4.67. The summed E-state index contributed by atoms with van der Waals surface area (Å²) in [4.78, 5) is 11.4. The number of aliphatic hydroxyl groups is 5. The Labute approximate surface area is 96.5 Å². The number of ketones is 1. The van der Waals surface area contributed by atoms with Gasteiger partial charge in [-0.2, -0.15) is 0 Å². The smallest absolute Gasteiger partial charge is 0.277 e. The van der Waals surface area contributed by atoms with E-state index in [2.05, 4.69) is 11.3 Å². The summed E-state index contributed by atoms with van der Waals surface area (Å²) in [5, 5.41) is 47.4. The van der Waals surface area contributed by atoms with E-state index >= 15 is 0 Å². The molecular weight excluding hydrogens is 234 g/mol. The summed E-state index contributed by atoms with van der Waals surface area (Å²) >= 11 is 0. The number of carbonyl (C=O) groups excluding carboxylic acids is 1. The van der Waals surface area contributed by atoms with Crippen LogP contribution in [0.2, 0.25) is 0 Å². The van der Waals surface area contributed by atoms with Gasteiger partial charge < -0.3 is 30.3 Å². The van der Waals surface area contributed by atoms with Crippen LogP contribution >= 0.6 is 0 Å². The van der Waals surface area contributed by atoms with Crippen LogP contribution in [0.15, 0.2) is 12.7 Å². The molecule has 0 bridgehead atoms. The number of rotatable bonds is 3. The van der Waals surface area contributed by atoms with Gasteiger partial charge in [-0.15, -0.1) is 0 Å². The van der Waals surface area contributed by atoms with Crippen LogP contribution in [0.25, 0.3) is 0 Å². The maximum Gasteiger partial charge on any atom is 0.277 e. The number of aliphatic hydroxyl groups excluding tert-OH is 3. The van der Waals surface area contributed by atoms with Crippen molar-refractivity contribution in [3.05, 3.63) is 12.7 Å². The highest BCUT2D eigenvalue weighted by Crippen LogP contribution is 2.34. The van der Waals surface area contributed by atoms with Gasteiger partial charge in [-0.1, -0.05) is 6.58 Å². The lowest BCUT2D eigenvalue weighted by molar-refractivity contribution is -0.367. The van der Waals surface area contributed by atoms with Gasteiger partial charge in [-0.25, -0.2) is 0 Å². The second-order valence-corrected chi connectivity index (χ2v) is 3.81. The molecule has 1 saturated heterocycles. The summed E-state index contributed by atoms with van der Waals surface area (Å²) < 4.78 is 4.67. The fraction of sp³-hybridized carbons (Fsp3) is 0.667. The highest BCUT2D eigenvalue weighted by Gasteiger charge is 2.64. The SMILES string of the molecule is C=CC(=O)C1(O)O[C@H](CO)[C@@H](O)[C@H](O)[C@@]1(N)O. The topological polar surface area (TPSA) is 153 Å². The van der Waals surface area contributed by atoms with Gasteiger partial charge in [0.05, 0.1) is 6.61 Å². The van der Waals surface area contributed by atoms with Gasteiger partial charge in [-0.3, -0.25) is 10.5 Å². The Hall–Kier alpha value is -0.870. The largest absolute Gasteiger partial charge is 0.394 e. The van der Waals surface area contributed by atoms with Crippen LogP contribution in [-0.2, 0) is 9.53 Å². The van der Waals surface area contributed by atoms with Crippen LogP contribution < -0.4 is 5.73 Å². The number of carbonyl (C=O) groups is 1. The summed E-state index contributed by atoms with van der Waals surface area (Å²) in [5.41, 5.74) is 2.28. The minimum atomic E-state index is -2.99. The molecule has 5 atom stereocenters. The van der Waals surface area contributed by atoms with Crippen LogP contribution in [0, 0.1) is 0 Å². The van der Waals surface area contributed by atoms with E-state index in [0.717, 1.165) is 0 Å². The zero-order valence-electron chi connectivity index (χ0n) is 8.85. The molecule has 1 fully saturated rings. The van der Waals surface area contributed by atoms with Gasteiger partial charge in [0.25, 0.3) is 5.79 Å². The zero-order chi connectivity index (χ0) is 13.4. The average molecular weight is 249 g/mol. The lowest BCUT2D eigenvalue weighted by atomic mass is 9.85. The molecule has 98 valence electrons. The third kappa shape index (κ3) is 1.89. The molecule has 0 aromatic carbocycles. The first kappa shape index (κ1) is 14.2. The molecule has 8 heteroatoms. The van der Waals surface area contributed by atoms with Crippen molar-refractivity contribution in [3.8, 4) is 0 Å². The van der Waals surface area contributed by atoms with Crippen LogP contribution in [0.4, 0.5) is 0 Å². The van der Waals surface area contributed by atoms with Crippen molar-refractivity contribution in [3.63, 3.8) is 0 Å². The third-order valence-electron chi connectivity index (χ3n) is 2.72. The van der Waals surface area contributed by atoms with E-state index in [1.807, 2.05) is 0 Å². The molecule has 1 aliphatic heterocycles. The molecular formula is C9H15NO7. The van der Waals surface area contributed by atoms with Gasteiger partial charge >= 0.3 is 0 Å². The molecule has 0 amide bonds. The summed E-state index contributed by atoms with van der Waals surface area (Å²) in [6.45, 7) is 2.29. The van der Waals surface area contributed by atoms with Gasteiger partial charge in [0.15, 0.2) is 0 Å². The van der Waals surface area contributed by atoms with Crippen molar-refractivity contribution in [1.29, 1.82) is 0 Å². The Morgan fingerprint density at radius 3 is 2.41 bits per heavy atom. The van der Waals surface area contributed by atoms with E-state index in [1.165, 1.54) is 0 Å². The first-order valence-corrected chi connectivity index (χ1v) is 4.77. The molecule has 0 aliphatic carbocycles. The summed E-state index contributed by atoms with van der Waals surface area (Å²) in [7, 11) is 0. The predicted octanol–water partition coefficient (Wildman–Crippen LogP) is -3.81. The van der Waals surface area contributed by atoms with Crippen molar-refractivity contribution >= 4 is 5.78 Å². The Bertz CT molecular complexity index is 331. The summed E-state index contributed by atoms with van der Waals surface area (Å²) in [5.74, 6) is -4.19.